The Kier molecular flexibility index (Phi) is 4.89. The number of aromatic nitrogens is 1. The highest BCUT2D eigenvalue weighted by Crippen LogP contribution is 2.41. The minimum absolute atomic E-state index is 0.0386. The van der Waals surface area contributed by atoms with Gasteiger partial charge in [0.1, 0.15) is 5.69 Å². The molecule has 6 heterocycles. The number of fused-ring (bicyclic) bond motifs is 6. The Labute approximate surface area is 188 Å². The van der Waals surface area contributed by atoms with Gasteiger partial charge < -0.3 is 15.2 Å². The van der Waals surface area contributed by atoms with Crippen LogP contribution in [0, 0.1) is 17.8 Å². The summed E-state index contributed by atoms with van der Waals surface area (Å²) in [6.45, 7) is 4.91. The van der Waals surface area contributed by atoms with Gasteiger partial charge in [-0.05, 0) is 73.4 Å². The summed E-state index contributed by atoms with van der Waals surface area (Å²) in [6, 6.07) is 6.09. The van der Waals surface area contributed by atoms with Gasteiger partial charge in [-0.3, -0.25) is 4.79 Å². The average Bonchev–Trinajstić information content (AvgIpc) is 3.46. The standard InChI is InChI=1S/C22H26F3N5OS/c23-22(24,25)8-14-9-29-10-15(14)11-30(29)16-1-2-17-19(7-16)32-27-20(17)21(31)26-18-12-28-5-3-13(18)4-6-28/h1-2,7,13-15,18H,3-6,8-12H2,(H,26,31)/t14?,15-,18-/m0/s1. The second-order valence-electron chi connectivity index (χ2n) is 9.72. The van der Waals surface area contributed by atoms with Gasteiger partial charge in [0, 0.05) is 44.0 Å². The third-order valence-corrected chi connectivity index (χ3v) is 8.55. The van der Waals surface area contributed by atoms with E-state index in [4.69, 9.17) is 0 Å². The molecule has 5 fully saturated rings. The van der Waals surface area contributed by atoms with E-state index < -0.39 is 12.6 Å². The molecule has 1 aromatic heterocycles. The number of carbonyl (C=O) groups is 1. The fourth-order valence-corrected chi connectivity index (χ4v) is 6.88. The largest absolute Gasteiger partial charge is 0.389 e. The Bertz CT molecular complexity index is 1030. The van der Waals surface area contributed by atoms with Crippen LogP contribution in [0.4, 0.5) is 18.9 Å². The van der Waals surface area contributed by atoms with Crippen LogP contribution in [0.2, 0.25) is 0 Å². The Balaban J connectivity index is 1.15. The first-order chi connectivity index (χ1) is 15.3. The summed E-state index contributed by atoms with van der Waals surface area (Å²) in [4.78, 5) is 15.4. The molecule has 6 nitrogen and oxygen atoms in total. The van der Waals surface area contributed by atoms with Gasteiger partial charge in [-0.1, -0.05) is 0 Å². The first-order valence-corrected chi connectivity index (χ1v) is 12.1. The van der Waals surface area contributed by atoms with Crippen molar-refractivity contribution in [3.8, 4) is 0 Å². The average molecular weight is 466 g/mol. The minimum atomic E-state index is -4.10. The summed E-state index contributed by atoms with van der Waals surface area (Å²) in [5.41, 5.74) is 1.43. The molecule has 32 heavy (non-hydrogen) atoms. The van der Waals surface area contributed by atoms with Gasteiger partial charge in [0.15, 0.2) is 0 Å². The Morgan fingerprint density at radius 2 is 1.94 bits per heavy atom. The molecule has 10 heteroatoms. The fraction of sp³-hybridized carbons (Fsp3) is 0.636. The molecule has 0 spiro atoms. The number of rotatable bonds is 4. The summed E-state index contributed by atoms with van der Waals surface area (Å²) >= 11 is 1.31. The molecule has 1 aromatic carbocycles. The number of alkyl halides is 3. The molecule has 0 saturated carbocycles. The topological polar surface area (TPSA) is 51.7 Å². The van der Waals surface area contributed by atoms with Crippen LogP contribution in [0.3, 0.4) is 0 Å². The molecule has 172 valence electrons. The lowest BCUT2D eigenvalue weighted by Crippen LogP contribution is -2.57. The zero-order chi connectivity index (χ0) is 22.0. The lowest BCUT2D eigenvalue weighted by molar-refractivity contribution is -0.146. The summed E-state index contributed by atoms with van der Waals surface area (Å²) in [5.74, 6) is 0.166. The summed E-state index contributed by atoms with van der Waals surface area (Å²) in [7, 11) is 0. The third-order valence-electron chi connectivity index (χ3n) is 7.74. The quantitative estimate of drug-likeness (QED) is 0.751. The van der Waals surface area contributed by atoms with E-state index in [0.29, 0.717) is 31.2 Å². The maximum atomic E-state index is 13.0. The predicted octanol–water partition coefficient (Wildman–Crippen LogP) is 3.36. The first-order valence-electron chi connectivity index (χ1n) is 11.4. The highest BCUT2D eigenvalue weighted by molar-refractivity contribution is 7.13. The fourth-order valence-electron chi connectivity index (χ4n) is 6.07. The molecule has 5 saturated heterocycles. The van der Waals surface area contributed by atoms with Gasteiger partial charge in [0.2, 0.25) is 0 Å². The van der Waals surface area contributed by atoms with E-state index in [1.54, 1.807) is 0 Å². The Morgan fingerprint density at radius 1 is 1.12 bits per heavy atom. The number of hydrogen-bond acceptors (Lipinski definition) is 6. The molecule has 2 aromatic rings. The maximum Gasteiger partial charge on any atom is 0.389 e. The smallest absolute Gasteiger partial charge is 0.346 e. The van der Waals surface area contributed by atoms with Crippen molar-refractivity contribution in [1.82, 2.24) is 19.6 Å². The van der Waals surface area contributed by atoms with E-state index in [1.165, 1.54) is 11.5 Å². The van der Waals surface area contributed by atoms with E-state index >= 15 is 0 Å². The Hall–Kier alpha value is -1.91. The number of piperidine rings is 3. The van der Waals surface area contributed by atoms with E-state index in [0.717, 1.165) is 48.2 Å². The van der Waals surface area contributed by atoms with Crippen LogP contribution in [0.5, 0.6) is 0 Å². The number of benzene rings is 1. The summed E-state index contributed by atoms with van der Waals surface area (Å²) in [5, 5.41) is 8.17. The first kappa shape index (κ1) is 20.7. The van der Waals surface area contributed by atoms with Crippen molar-refractivity contribution in [1.29, 1.82) is 0 Å². The number of halogens is 3. The second kappa shape index (κ2) is 7.56. The van der Waals surface area contributed by atoms with E-state index in [9.17, 15) is 18.0 Å². The number of hydrogen-bond donors (Lipinski definition) is 1. The summed E-state index contributed by atoms with van der Waals surface area (Å²) < 4.78 is 43.8. The number of hydrazine groups is 1. The van der Waals surface area contributed by atoms with Gasteiger partial charge in [-0.15, -0.1) is 0 Å². The van der Waals surface area contributed by atoms with Crippen LogP contribution >= 0.6 is 11.5 Å². The minimum Gasteiger partial charge on any atom is -0.346 e. The highest BCUT2D eigenvalue weighted by atomic mass is 32.1. The van der Waals surface area contributed by atoms with Crippen LogP contribution in [-0.4, -0.2) is 71.7 Å². The molecule has 7 rings (SSSR count). The van der Waals surface area contributed by atoms with Crippen molar-refractivity contribution in [2.75, 3.05) is 44.3 Å². The van der Waals surface area contributed by atoms with Gasteiger partial charge in [-0.25, -0.2) is 5.01 Å². The number of carbonyl (C=O) groups excluding carboxylic acids is 1. The van der Waals surface area contributed by atoms with Crippen molar-refractivity contribution < 1.29 is 18.0 Å². The molecule has 1 amide bonds. The van der Waals surface area contributed by atoms with Crippen molar-refractivity contribution >= 4 is 33.2 Å². The number of amides is 1. The monoisotopic (exact) mass is 465 g/mol. The van der Waals surface area contributed by atoms with E-state index in [-0.39, 0.29) is 23.8 Å². The molecule has 0 aliphatic carbocycles. The lowest BCUT2D eigenvalue weighted by Gasteiger charge is -2.44. The van der Waals surface area contributed by atoms with Gasteiger partial charge in [-0.2, -0.15) is 17.5 Å². The molecule has 5 aliphatic rings. The molecular weight excluding hydrogens is 439 g/mol. The van der Waals surface area contributed by atoms with Crippen LogP contribution in [0.25, 0.3) is 10.1 Å². The number of nitrogens with one attached hydrogen (secondary N) is 1. The lowest BCUT2D eigenvalue weighted by atomic mass is 9.84. The van der Waals surface area contributed by atoms with Gasteiger partial charge >= 0.3 is 6.18 Å². The van der Waals surface area contributed by atoms with Crippen molar-refractivity contribution in [3.05, 3.63) is 23.9 Å². The molecule has 0 radical (unpaired) electrons. The second-order valence-corrected chi connectivity index (χ2v) is 10.5. The molecule has 5 aliphatic heterocycles. The van der Waals surface area contributed by atoms with Crippen LogP contribution < -0.4 is 10.3 Å². The molecule has 4 atom stereocenters. The van der Waals surface area contributed by atoms with E-state index in [1.807, 2.05) is 23.2 Å². The van der Waals surface area contributed by atoms with Crippen LogP contribution in [0.15, 0.2) is 18.2 Å². The highest BCUT2D eigenvalue weighted by Gasteiger charge is 2.47. The molecular formula is C22H26F3N5OS. The third kappa shape index (κ3) is 3.66. The summed E-state index contributed by atoms with van der Waals surface area (Å²) in [6.07, 6.45) is -2.52. The van der Waals surface area contributed by atoms with Gasteiger partial charge in [0.05, 0.1) is 10.4 Å². The van der Waals surface area contributed by atoms with Crippen molar-refractivity contribution in [3.63, 3.8) is 0 Å². The zero-order valence-electron chi connectivity index (χ0n) is 17.6. The molecule has 4 bridgehead atoms. The molecule has 2 unspecified atom stereocenters. The maximum absolute atomic E-state index is 13.0. The van der Waals surface area contributed by atoms with Crippen molar-refractivity contribution in [2.24, 2.45) is 17.8 Å². The molecule has 1 N–H and O–H groups in total. The van der Waals surface area contributed by atoms with Gasteiger partial charge in [0.25, 0.3) is 5.91 Å². The van der Waals surface area contributed by atoms with Crippen molar-refractivity contribution in [2.45, 2.75) is 31.5 Å². The Morgan fingerprint density at radius 3 is 2.59 bits per heavy atom. The normalized spacial score (nSPS) is 33.9. The predicted molar refractivity (Wildman–Crippen MR) is 117 cm³/mol. The van der Waals surface area contributed by atoms with Crippen LogP contribution in [-0.2, 0) is 0 Å². The number of nitrogens with zero attached hydrogens (tertiary/aromatic N) is 4. The zero-order valence-corrected chi connectivity index (χ0v) is 18.5. The van der Waals surface area contributed by atoms with E-state index in [2.05, 4.69) is 19.6 Å². The number of anilines is 1. The van der Waals surface area contributed by atoms with Crippen LogP contribution in [0.1, 0.15) is 29.8 Å². The SMILES string of the molecule is O=C(N[C@H]1CN2CCC1CC2)c1nsc2cc(N3C[C@@H]4CN3CC4CC(F)(F)F)ccc12.